The Labute approximate surface area is 147 Å². The first kappa shape index (κ1) is 17.0. The van der Waals surface area contributed by atoms with E-state index in [0.717, 1.165) is 24.5 Å². The molecule has 1 saturated carbocycles. The lowest BCUT2D eigenvalue weighted by Gasteiger charge is -2.05. The number of hydrogen-bond donors (Lipinski definition) is 1. The van der Waals surface area contributed by atoms with Crippen LogP contribution in [-0.4, -0.2) is 35.4 Å². The Hall–Kier alpha value is -1.85. The smallest absolute Gasteiger partial charge is 0.254 e. The molecule has 0 saturated heterocycles. The van der Waals surface area contributed by atoms with Gasteiger partial charge in [-0.15, -0.1) is 0 Å². The van der Waals surface area contributed by atoms with E-state index in [1.807, 2.05) is 24.3 Å². The minimum absolute atomic E-state index is 0.109. The maximum absolute atomic E-state index is 12.1. The molecule has 24 heavy (non-hydrogen) atoms. The third-order valence-electron chi connectivity index (χ3n) is 3.99. The Morgan fingerprint density at radius 2 is 2.21 bits per heavy atom. The monoisotopic (exact) mass is 347 g/mol. The summed E-state index contributed by atoms with van der Waals surface area (Å²) in [7, 11) is 0. The molecule has 1 aliphatic carbocycles. The highest BCUT2D eigenvalue weighted by Crippen LogP contribution is 2.28. The topological polar surface area (TPSA) is 56.1 Å². The van der Waals surface area contributed by atoms with Crippen molar-refractivity contribution in [2.45, 2.75) is 25.8 Å². The second-order valence-corrected chi connectivity index (χ2v) is 6.55. The highest BCUT2D eigenvalue weighted by molar-refractivity contribution is 6.31. The Morgan fingerprint density at radius 3 is 3.00 bits per heavy atom. The van der Waals surface area contributed by atoms with Crippen LogP contribution >= 0.6 is 11.6 Å². The van der Waals surface area contributed by atoms with Crippen LogP contribution in [0.5, 0.6) is 0 Å². The predicted molar refractivity (Wildman–Crippen MR) is 93.3 cm³/mol. The summed E-state index contributed by atoms with van der Waals surface area (Å²) in [5.41, 5.74) is 1.53. The Morgan fingerprint density at radius 1 is 1.38 bits per heavy atom. The second kappa shape index (κ2) is 8.31. The van der Waals surface area contributed by atoms with Gasteiger partial charge in [0.15, 0.2) is 0 Å². The number of benzene rings is 1. The number of aromatic nitrogens is 2. The number of rotatable bonds is 9. The quantitative estimate of drug-likeness (QED) is 0.709. The Bertz CT molecular complexity index is 682. The number of halogens is 1. The zero-order valence-corrected chi connectivity index (χ0v) is 14.3. The molecular weight excluding hydrogens is 326 g/mol. The first-order valence-electron chi connectivity index (χ1n) is 8.34. The molecule has 1 aromatic carbocycles. The highest BCUT2D eigenvalue weighted by Gasteiger charge is 2.20. The summed E-state index contributed by atoms with van der Waals surface area (Å²) in [4.78, 5) is 12.1. The van der Waals surface area contributed by atoms with Crippen LogP contribution in [0.1, 0.15) is 35.2 Å². The number of nitrogens with one attached hydrogen (secondary N) is 1. The van der Waals surface area contributed by atoms with Gasteiger partial charge in [0.05, 0.1) is 18.3 Å². The molecule has 0 radical (unpaired) electrons. The molecule has 0 bridgehead atoms. The van der Waals surface area contributed by atoms with Gasteiger partial charge < -0.3 is 10.1 Å². The van der Waals surface area contributed by atoms with Crippen molar-refractivity contribution < 1.29 is 9.53 Å². The van der Waals surface area contributed by atoms with Gasteiger partial charge in [-0.1, -0.05) is 29.8 Å². The molecule has 1 amide bonds. The molecule has 2 aromatic rings. The number of nitrogens with zero attached hydrogens (tertiary/aromatic N) is 2. The highest BCUT2D eigenvalue weighted by atomic mass is 35.5. The van der Waals surface area contributed by atoms with E-state index in [2.05, 4.69) is 10.4 Å². The summed E-state index contributed by atoms with van der Waals surface area (Å²) >= 11 is 6.14. The van der Waals surface area contributed by atoms with Crippen molar-refractivity contribution in [2.24, 2.45) is 5.92 Å². The summed E-state index contributed by atoms with van der Waals surface area (Å²) in [5.74, 6) is 0.672. The van der Waals surface area contributed by atoms with Crippen molar-refractivity contribution in [3.8, 4) is 0 Å². The van der Waals surface area contributed by atoms with Crippen LogP contribution < -0.4 is 5.32 Å². The van der Waals surface area contributed by atoms with Crippen LogP contribution in [0.2, 0.25) is 5.02 Å². The fraction of sp³-hybridized carbons (Fsp3) is 0.444. The van der Waals surface area contributed by atoms with Crippen molar-refractivity contribution in [1.29, 1.82) is 0 Å². The third-order valence-corrected chi connectivity index (χ3v) is 4.36. The molecule has 5 nitrogen and oxygen atoms in total. The molecule has 1 N–H and O–H groups in total. The lowest BCUT2D eigenvalue weighted by Crippen LogP contribution is -2.25. The zero-order chi connectivity index (χ0) is 16.8. The fourth-order valence-corrected chi connectivity index (χ4v) is 2.58. The largest absolute Gasteiger partial charge is 0.381 e. The standard InChI is InChI=1S/C18H22ClN3O2/c19-17-5-2-1-4-15(17)11-22-12-16(10-21-22)18(23)20-8-3-9-24-13-14-6-7-14/h1-2,4-5,10,12,14H,3,6-9,11,13H2,(H,20,23). The van der Waals surface area contributed by atoms with Crippen LogP contribution in [0.25, 0.3) is 0 Å². The minimum Gasteiger partial charge on any atom is -0.381 e. The summed E-state index contributed by atoms with van der Waals surface area (Å²) in [6.45, 7) is 2.71. The van der Waals surface area contributed by atoms with Crippen molar-refractivity contribution >= 4 is 17.5 Å². The zero-order valence-electron chi connectivity index (χ0n) is 13.6. The van der Waals surface area contributed by atoms with Crippen molar-refractivity contribution in [3.05, 3.63) is 52.8 Å². The van der Waals surface area contributed by atoms with Crippen molar-refractivity contribution in [2.75, 3.05) is 19.8 Å². The average molecular weight is 348 g/mol. The third kappa shape index (κ3) is 5.08. The molecule has 0 atom stereocenters. The van der Waals surface area contributed by atoms with Gasteiger partial charge in [0.25, 0.3) is 5.91 Å². The van der Waals surface area contributed by atoms with Gasteiger partial charge in [-0.3, -0.25) is 9.48 Å². The van der Waals surface area contributed by atoms with Crippen LogP contribution in [-0.2, 0) is 11.3 Å². The van der Waals surface area contributed by atoms with Gasteiger partial charge >= 0.3 is 0 Å². The van der Waals surface area contributed by atoms with Gasteiger partial charge in [-0.05, 0) is 36.8 Å². The molecule has 1 aliphatic rings. The average Bonchev–Trinajstić information content (AvgIpc) is 3.29. The molecule has 3 rings (SSSR count). The molecule has 128 valence electrons. The number of amides is 1. The number of ether oxygens (including phenoxy) is 1. The van der Waals surface area contributed by atoms with Crippen LogP contribution in [0.3, 0.4) is 0 Å². The number of hydrogen-bond acceptors (Lipinski definition) is 3. The molecule has 0 aliphatic heterocycles. The molecule has 1 fully saturated rings. The molecule has 6 heteroatoms. The van der Waals surface area contributed by atoms with E-state index < -0.39 is 0 Å². The summed E-state index contributed by atoms with van der Waals surface area (Å²) in [6, 6.07) is 7.62. The van der Waals surface area contributed by atoms with Gasteiger partial charge in [0, 0.05) is 31.0 Å². The lowest BCUT2D eigenvalue weighted by atomic mass is 10.2. The van der Waals surface area contributed by atoms with E-state index in [4.69, 9.17) is 16.3 Å². The summed E-state index contributed by atoms with van der Waals surface area (Å²) in [6.07, 6.45) is 6.74. The fourth-order valence-electron chi connectivity index (χ4n) is 2.38. The predicted octanol–water partition coefficient (Wildman–Crippen LogP) is 3.13. The van der Waals surface area contributed by atoms with E-state index in [-0.39, 0.29) is 5.91 Å². The van der Waals surface area contributed by atoms with Gasteiger partial charge in [-0.2, -0.15) is 5.10 Å². The molecule has 1 heterocycles. The van der Waals surface area contributed by atoms with Gasteiger partial charge in [0.2, 0.25) is 0 Å². The summed E-state index contributed by atoms with van der Waals surface area (Å²) < 4.78 is 7.26. The SMILES string of the molecule is O=C(NCCCOCC1CC1)c1cnn(Cc2ccccc2Cl)c1. The van der Waals surface area contributed by atoms with E-state index >= 15 is 0 Å². The van der Waals surface area contributed by atoms with Crippen LogP contribution in [0, 0.1) is 5.92 Å². The lowest BCUT2D eigenvalue weighted by molar-refractivity contribution is 0.0937. The molecule has 0 unspecified atom stereocenters. The first-order chi connectivity index (χ1) is 11.7. The van der Waals surface area contributed by atoms with Crippen molar-refractivity contribution in [1.82, 2.24) is 15.1 Å². The number of carbonyl (C=O) groups excluding carboxylic acids is 1. The van der Waals surface area contributed by atoms with Crippen LogP contribution in [0.4, 0.5) is 0 Å². The van der Waals surface area contributed by atoms with Crippen LogP contribution in [0.15, 0.2) is 36.7 Å². The van der Waals surface area contributed by atoms with E-state index in [9.17, 15) is 4.79 Å². The van der Waals surface area contributed by atoms with E-state index in [1.165, 1.54) is 12.8 Å². The minimum atomic E-state index is -0.109. The van der Waals surface area contributed by atoms with Gasteiger partial charge in [0.1, 0.15) is 0 Å². The molecule has 1 aromatic heterocycles. The first-order valence-corrected chi connectivity index (χ1v) is 8.72. The number of carbonyl (C=O) groups is 1. The van der Waals surface area contributed by atoms with E-state index in [0.29, 0.717) is 30.3 Å². The van der Waals surface area contributed by atoms with Crippen molar-refractivity contribution in [3.63, 3.8) is 0 Å². The summed E-state index contributed by atoms with van der Waals surface area (Å²) in [5, 5.41) is 7.82. The second-order valence-electron chi connectivity index (χ2n) is 6.15. The van der Waals surface area contributed by atoms with E-state index in [1.54, 1.807) is 17.1 Å². The maximum Gasteiger partial charge on any atom is 0.254 e. The molecule has 0 spiro atoms. The Kier molecular flexibility index (Phi) is 5.88. The normalized spacial score (nSPS) is 13.9. The molecular formula is C18H22ClN3O2. The Balaban J connectivity index is 1.40. The van der Waals surface area contributed by atoms with Gasteiger partial charge in [-0.25, -0.2) is 0 Å². The maximum atomic E-state index is 12.1.